The minimum Gasteiger partial charge on any atom is -0.507 e. The number of thioether (sulfide) groups is 1. The number of hydrogen-bond acceptors (Lipinski definition) is 5. The third kappa shape index (κ3) is 3.39. The van der Waals surface area contributed by atoms with Crippen molar-refractivity contribution in [2.45, 2.75) is 16.7 Å². The molecule has 0 spiro atoms. The van der Waals surface area contributed by atoms with Crippen molar-refractivity contribution in [3.8, 4) is 5.75 Å². The van der Waals surface area contributed by atoms with Crippen LogP contribution in [0.4, 0.5) is 0 Å². The lowest BCUT2D eigenvalue weighted by atomic mass is 10.1. The maximum Gasteiger partial charge on any atom is 0.235 e. The Labute approximate surface area is 126 Å². The van der Waals surface area contributed by atoms with E-state index < -0.39 is 11.9 Å². The van der Waals surface area contributed by atoms with Gasteiger partial charge in [-0.3, -0.25) is 4.79 Å². The van der Waals surface area contributed by atoms with Gasteiger partial charge < -0.3 is 16.6 Å². The average molecular weight is 308 g/mol. The van der Waals surface area contributed by atoms with Gasteiger partial charge in [0.15, 0.2) is 0 Å². The van der Waals surface area contributed by atoms with Gasteiger partial charge >= 0.3 is 0 Å². The van der Waals surface area contributed by atoms with E-state index in [2.05, 4.69) is 12.6 Å². The normalized spacial score (nSPS) is 12.5. The molecule has 2 aromatic carbocycles. The van der Waals surface area contributed by atoms with E-state index in [1.54, 1.807) is 12.1 Å². The first kappa shape index (κ1) is 15.0. The van der Waals surface area contributed by atoms with E-state index in [1.807, 2.05) is 18.2 Å². The predicted octanol–water partition coefficient (Wildman–Crippen LogP) is 1.88. The van der Waals surface area contributed by atoms with Gasteiger partial charge in [0.2, 0.25) is 5.91 Å². The van der Waals surface area contributed by atoms with Crippen molar-refractivity contribution in [1.82, 2.24) is 0 Å². The molecule has 0 bridgehead atoms. The number of nitrogens with two attached hydrogens (primary N) is 2. The first-order chi connectivity index (χ1) is 9.49. The summed E-state index contributed by atoms with van der Waals surface area (Å²) in [6.45, 7) is 0. The van der Waals surface area contributed by atoms with Crippen LogP contribution in [0.1, 0.15) is 5.56 Å². The van der Waals surface area contributed by atoms with Gasteiger partial charge in [0.25, 0.3) is 0 Å². The fourth-order valence-corrected chi connectivity index (χ4v) is 3.06. The molecule has 4 nitrogen and oxygen atoms in total. The molecule has 1 atom stereocenters. The molecule has 0 unspecified atom stereocenters. The van der Waals surface area contributed by atoms with Crippen molar-refractivity contribution >= 4 is 41.1 Å². The molecule has 0 aliphatic rings. The highest BCUT2D eigenvalue weighted by Crippen LogP contribution is 2.31. The summed E-state index contributed by atoms with van der Waals surface area (Å²) in [5.41, 5.74) is 11.7. The number of phenolic OH excluding ortho intramolecular Hbond substituents is 1. The lowest BCUT2D eigenvalue weighted by molar-refractivity contribution is -0.118. The molecule has 1 amide bonds. The standard InChI is InChI=1S/C14H16N2O2S2/c15-11(14(16)18)7-20-6-8-1-2-9-10(5-8)12(17)3-4-13(9)19/h1-5,11,17,19H,6-7,15H2,(H2,16,18)/t11-/m0/s1. The van der Waals surface area contributed by atoms with Crippen LogP contribution in [0.15, 0.2) is 35.2 Å². The molecule has 0 aliphatic carbocycles. The molecule has 0 radical (unpaired) electrons. The molecule has 20 heavy (non-hydrogen) atoms. The van der Waals surface area contributed by atoms with E-state index in [9.17, 15) is 9.90 Å². The Hall–Kier alpha value is -1.37. The Kier molecular flexibility index (Phi) is 4.80. The minimum atomic E-state index is -0.627. The molecule has 0 aliphatic heterocycles. The molecule has 2 aromatic rings. The van der Waals surface area contributed by atoms with Crippen LogP contribution in [0, 0.1) is 0 Å². The fraction of sp³-hybridized carbons (Fsp3) is 0.214. The van der Waals surface area contributed by atoms with Crippen molar-refractivity contribution in [1.29, 1.82) is 0 Å². The summed E-state index contributed by atoms with van der Waals surface area (Å²) >= 11 is 5.90. The number of fused-ring (bicyclic) bond motifs is 1. The number of carbonyl (C=O) groups excluding carboxylic acids is 1. The zero-order valence-electron chi connectivity index (χ0n) is 10.7. The first-order valence-corrected chi connectivity index (χ1v) is 7.65. The summed E-state index contributed by atoms with van der Waals surface area (Å²) < 4.78 is 0. The third-order valence-electron chi connectivity index (χ3n) is 2.97. The summed E-state index contributed by atoms with van der Waals surface area (Å²) in [6, 6.07) is 8.60. The predicted molar refractivity (Wildman–Crippen MR) is 86.2 cm³/mol. The quantitative estimate of drug-likeness (QED) is 0.635. The topological polar surface area (TPSA) is 89.3 Å². The fourth-order valence-electron chi connectivity index (χ4n) is 1.84. The molecule has 0 aromatic heterocycles. The second-order valence-electron chi connectivity index (χ2n) is 4.51. The highest BCUT2D eigenvalue weighted by Gasteiger charge is 2.09. The van der Waals surface area contributed by atoms with E-state index in [0.717, 1.165) is 21.2 Å². The second-order valence-corrected chi connectivity index (χ2v) is 6.02. The van der Waals surface area contributed by atoms with Crippen LogP contribution in [-0.4, -0.2) is 22.8 Å². The van der Waals surface area contributed by atoms with Crippen molar-refractivity contribution < 1.29 is 9.90 Å². The van der Waals surface area contributed by atoms with Gasteiger partial charge in [-0.1, -0.05) is 12.1 Å². The van der Waals surface area contributed by atoms with Crippen molar-refractivity contribution in [3.05, 3.63) is 35.9 Å². The van der Waals surface area contributed by atoms with E-state index >= 15 is 0 Å². The van der Waals surface area contributed by atoms with Crippen LogP contribution in [0.5, 0.6) is 5.75 Å². The van der Waals surface area contributed by atoms with Gasteiger partial charge in [-0.25, -0.2) is 0 Å². The summed E-state index contributed by atoms with van der Waals surface area (Å²) in [4.78, 5) is 11.7. The van der Waals surface area contributed by atoms with Gasteiger partial charge in [-0.05, 0) is 29.1 Å². The maximum atomic E-state index is 10.8. The number of benzene rings is 2. The number of thiol groups is 1. The number of primary amides is 1. The Balaban J connectivity index is 2.12. The van der Waals surface area contributed by atoms with E-state index in [4.69, 9.17) is 11.5 Å². The van der Waals surface area contributed by atoms with Crippen LogP contribution in [0.2, 0.25) is 0 Å². The highest BCUT2D eigenvalue weighted by molar-refractivity contribution is 7.98. The summed E-state index contributed by atoms with van der Waals surface area (Å²) in [7, 11) is 0. The minimum absolute atomic E-state index is 0.235. The Morgan fingerprint density at radius 1 is 1.30 bits per heavy atom. The number of aromatic hydroxyl groups is 1. The van der Waals surface area contributed by atoms with Gasteiger partial charge in [0.05, 0.1) is 6.04 Å². The Morgan fingerprint density at radius 3 is 2.75 bits per heavy atom. The molecular weight excluding hydrogens is 292 g/mol. The van der Waals surface area contributed by atoms with E-state index in [0.29, 0.717) is 11.5 Å². The molecule has 0 saturated heterocycles. The molecule has 0 fully saturated rings. The molecule has 0 heterocycles. The maximum absolute atomic E-state index is 10.8. The molecule has 5 N–H and O–H groups in total. The van der Waals surface area contributed by atoms with Gasteiger partial charge in [0, 0.05) is 21.8 Å². The molecule has 106 valence electrons. The third-order valence-corrected chi connectivity index (χ3v) is 4.49. The average Bonchev–Trinajstić information content (AvgIpc) is 2.43. The molecule has 2 rings (SSSR count). The second kappa shape index (κ2) is 6.39. The van der Waals surface area contributed by atoms with Gasteiger partial charge in [-0.15, -0.1) is 12.6 Å². The zero-order valence-corrected chi connectivity index (χ0v) is 12.5. The van der Waals surface area contributed by atoms with Crippen LogP contribution in [0.3, 0.4) is 0 Å². The van der Waals surface area contributed by atoms with Gasteiger partial charge in [-0.2, -0.15) is 11.8 Å². The lowest BCUT2D eigenvalue weighted by Gasteiger charge is -2.09. The van der Waals surface area contributed by atoms with Crippen LogP contribution < -0.4 is 11.5 Å². The lowest BCUT2D eigenvalue weighted by Crippen LogP contribution is -2.38. The summed E-state index contributed by atoms with van der Waals surface area (Å²) in [5.74, 6) is 0.922. The van der Waals surface area contributed by atoms with Crippen LogP contribution in [-0.2, 0) is 10.5 Å². The highest BCUT2D eigenvalue weighted by atomic mass is 32.2. The van der Waals surface area contributed by atoms with Crippen LogP contribution >= 0.6 is 24.4 Å². The number of phenols is 1. The van der Waals surface area contributed by atoms with E-state index in [-0.39, 0.29) is 5.75 Å². The SMILES string of the molecule is NC(=O)[C@@H](N)CSCc1ccc2c(S)ccc(O)c2c1. The Morgan fingerprint density at radius 2 is 2.05 bits per heavy atom. The van der Waals surface area contributed by atoms with Gasteiger partial charge in [0.1, 0.15) is 5.75 Å². The molecule has 0 saturated carbocycles. The largest absolute Gasteiger partial charge is 0.507 e. The molecule has 6 heteroatoms. The number of hydrogen-bond donors (Lipinski definition) is 4. The summed E-state index contributed by atoms with van der Waals surface area (Å²) in [6.07, 6.45) is 0. The monoisotopic (exact) mass is 308 g/mol. The Bertz CT molecular complexity index is 646. The van der Waals surface area contributed by atoms with Crippen molar-refractivity contribution in [3.63, 3.8) is 0 Å². The number of amides is 1. The number of rotatable bonds is 5. The van der Waals surface area contributed by atoms with E-state index in [1.165, 1.54) is 11.8 Å². The summed E-state index contributed by atoms with van der Waals surface area (Å²) in [5, 5.41) is 11.6. The zero-order chi connectivity index (χ0) is 14.7. The smallest absolute Gasteiger partial charge is 0.235 e. The first-order valence-electron chi connectivity index (χ1n) is 6.05. The van der Waals surface area contributed by atoms with Crippen molar-refractivity contribution in [2.24, 2.45) is 11.5 Å². The number of carbonyl (C=O) groups is 1. The molecular formula is C14H16N2O2S2. The van der Waals surface area contributed by atoms with Crippen LogP contribution in [0.25, 0.3) is 10.8 Å². The van der Waals surface area contributed by atoms with Crippen molar-refractivity contribution in [2.75, 3.05) is 5.75 Å².